The molecular formula is C10H14N2O2S. The molecule has 1 aliphatic heterocycles. The average molecular weight is 226 g/mol. The zero-order chi connectivity index (χ0) is 10.9. The molecule has 15 heavy (non-hydrogen) atoms. The molecular weight excluding hydrogens is 212 g/mol. The Morgan fingerprint density at radius 2 is 2.53 bits per heavy atom. The molecule has 5 heteroatoms. The van der Waals surface area contributed by atoms with Crippen LogP contribution in [0.2, 0.25) is 0 Å². The number of thiazole rings is 1. The molecule has 1 atom stereocenters. The molecule has 2 heterocycles. The van der Waals surface area contributed by atoms with Crippen molar-refractivity contribution in [2.45, 2.75) is 19.9 Å². The third-order valence-corrected chi connectivity index (χ3v) is 3.26. The number of nitrogens with zero attached hydrogens (tertiary/aromatic N) is 1. The molecule has 82 valence electrons. The molecule has 0 aromatic carbocycles. The molecule has 0 bridgehead atoms. The smallest absolute Gasteiger partial charge is 0.271 e. The van der Waals surface area contributed by atoms with Gasteiger partial charge in [0, 0.05) is 10.8 Å². The summed E-state index contributed by atoms with van der Waals surface area (Å²) in [7, 11) is 0. The van der Waals surface area contributed by atoms with Crippen LogP contribution in [0.3, 0.4) is 0 Å². The second-order valence-corrected chi connectivity index (χ2v) is 5.12. The van der Waals surface area contributed by atoms with Gasteiger partial charge in [-0.2, -0.15) is 0 Å². The fourth-order valence-electron chi connectivity index (χ4n) is 1.56. The van der Waals surface area contributed by atoms with Gasteiger partial charge in [0.15, 0.2) is 0 Å². The molecule has 0 spiro atoms. The minimum atomic E-state index is -0.111. The third kappa shape index (κ3) is 2.18. The molecule has 1 saturated heterocycles. The molecule has 1 aromatic rings. The molecule has 1 unspecified atom stereocenters. The predicted octanol–water partition coefficient (Wildman–Crippen LogP) is 1.30. The molecule has 2 rings (SSSR count). The van der Waals surface area contributed by atoms with Crippen LogP contribution in [-0.4, -0.2) is 30.1 Å². The van der Waals surface area contributed by atoms with E-state index in [4.69, 9.17) is 4.74 Å². The Hall–Kier alpha value is -0.940. The number of rotatable bonds is 2. The van der Waals surface area contributed by atoms with E-state index in [2.05, 4.69) is 24.1 Å². The van der Waals surface area contributed by atoms with Gasteiger partial charge in [0.1, 0.15) is 5.69 Å². The van der Waals surface area contributed by atoms with Crippen LogP contribution in [0.4, 0.5) is 0 Å². The molecule has 1 amide bonds. The van der Waals surface area contributed by atoms with Crippen LogP contribution in [-0.2, 0) is 4.74 Å². The summed E-state index contributed by atoms with van der Waals surface area (Å²) in [4.78, 5) is 15.7. The van der Waals surface area contributed by atoms with Crippen LogP contribution >= 0.6 is 11.3 Å². The number of amides is 1. The maximum Gasteiger partial charge on any atom is 0.271 e. The number of hydrogen-bond acceptors (Lipinski definition) is 4. The summed E-state index contributed by atoms with van der Waals surface area (Å²) >= 11 is 1.42. The van der Waals surface area contributed by atoms with Crippen molar-refractivity contribution in [3.63, 3.8) is 0 Å². The Morgan fingerprint density at radius 1 is 1.73 bits per heavy atom. The van der Waals surface area contributed by atoms with Crippen molar-refractivity contribution in [1.29, 1.82) is 0 Å². The van der Waals surface area contributed by atoms with Gasteiger partial charge in [-0.1, -0.05) is 13.8 Å². The van der Waals surface area contributed by atoms with Crippen molar-refractivity contribution in [3.8, 4) is 0 Å². The molecule has 0 aliphatic carbocycles. The average Bonchev–Trinajstić information content (AvgIpc) is 2.76. The Morgan fingerprint density at radius 3 is 3.07 bits per heavy atom. The fraction of sp³-hybridized carbons (Fsp3) is 0.600. The number of ether oxygens (including phenoxy) is 1. The van der Waals surface area contributed by atoms with E-state index >= 15 is 0 Å². The molecule has 1 fully saturated rings. The first-order valence-corrected chi connectivity index (χ1v) is 5.81. The van der Waals surface area contributed by atoms with E-state index in [1.165, 1.54) is 11.3 Å². The Balaban J connectivity index is 2.01. The summed E-state index contributed by atoms with van der Waals surface area (Å²) in [6.45, 7) is 5.45. The molecule has 4 nitrogen and oxygen atoms in total. The lowest BCUT2D eigenvalue weighted by atomic mass is 9.88. The van der Waals surface area contributed by atoms with Crippen molar-refractivity contribution in [1.82, 2.24) is 10.3 Å². The zero-order valence-corrected chi connectivity index (χ0v) is 9.63. The second kappa shape index (κ2) is 3.90. The Labute approximate surface area is 92.7 Å². The number of nitrogens with one attached hydrogen (secondary N) is 1. The number of carbonyl (C=O) groups is 1. The van der Waals surface area contributed by atoms with Gasteiger partial charge in [-0.25, -0.2) is 4.98 Å². The minimum absolute atomic E-state index is 0.00564. The van der Waals surface area contributed by atoms with Crippen LogP contribution in [0.15, 0.2) is 10.9 Å². The van der Waals surface area contributed by atoms with Gasteiger partial charge in [-0.15, -0.1) is 11.3 Å². The number of hydrogen-bond donors (Lipinski definition) is 1. The first-order chi connectivity index (χ1) is 7.09. The maximum absolute atomic E-state index is 11.7. The summed E-state index contributed by atoms with van der Waals surface area (Å²) in [6, 6.07) is 0.0756. The highest BCUT2D eigenvalue weighted by Crippen LogP contribution is 2.27. The van der Waals surface area contributed by atoms with E-state index in [0.29, 0.717) is 18.9 Å². The zero-order valence-electron chi connectivity index (χ0n) is 8.82. The lowest BCUT2D eigenvalue weighted by Crippen LogP contribution is -2.44. The Kier molecular flexibility index (Phi) is 2.75. The van der Waals surface area contributed by atoms with E-state index in [1.807, 2.05) is 0 Å². The van der Waals surface area contributed by atoms with Gasteiger partial charge in [-0.3, -0.25) is 4.79 Å². The van der Waals surface area contributed by atoms with Gasteiger partial charge in [0.05, 0.1) is 24.8 Å². The molecule has 0 radical (unpaired) electrons. The van der Waals surface area contributed by atoms with E-state index in [0.717, 1.165) is 0 Å². The van der Waals surface area contributed by atoms with Crippen LogP contribution in [0.1, 0.15) is 24.3 Å². The van der Waals surface area contributed by atoms with E-state index in [-0.39, 0.29) is 17.4 Å². The Bertz CT molecular complexity index is 348. The van der Waals surface area contributed by atoms with Crippen molar-refractivity contribution in [2.24, 2.45) is 5.41 Å². The van der Waals surface area contributed by atoms with Crippen molar-refractivity contribution in [2.75, 3.05) is 13.2 Å². The van der Waals surface area contributed by atoms with Crippen LogP contribution in [0.25, 0.3) is 0 Å². The third-order valence-electron chi connectivity index (χ3n) is 2.67. The summed E-state index contributed by atoms with van der Waals surface area (Å²) in [5, 5.41) is 4.70. The molecule has 1 N–H and O–H groups in total. The normalized spacial score (nSPS) is 24.0. The molecule has 1 aromatic heterocycles. The highest BCUT2D eigenvalue weighted by atomic mass is 32.1. The van der Waals surface area contributed by atoms with Crippen LogP contribution in [0, 0.1) is 5.41 Å². The summed E-state index contributed by atoms with van der Waals surface area (Å²) in [5.74, 6) is -0.111. The van der Waals surface area contributed by atoms with Crippen molar-refractivity contribution >= 4 is 17.2 Å². The van der Waals surface area contributed by atoms with Gasteiger partial charge in [0.25, 0.3) is 5.91 Å². The quantitative estimate of drug-likeness (QED) is 0.827. The number of aromatic nitrogens is 1. The first-order valence-electron chi connectivity index (χ1n) is 4.86. The van der Waals surface area contributed by atoms with Crippen LogP contribution in [0.5, 0.6) is 0 Å². The molecule has 0 saturated carbocycles. The maximum atomic E-state index is 11.7. The monoisotopic (exact) mass is 226 g/mol. The van der Waals surface area contributed by atoms with Gasteiger partial charge >= 0.3 is 0 Å². The van der Waals surface area contributed by atoms with E-state index in [9.17, 15) is 4.79 Å². The SMILES string of the molecule is CC1(C)COCC1NC(=O)c1cscn1. The van der Waals surface area contributed by atoms with Crippen LogP contribution < -0.4 is 5.32 Å². The summed E-state index contributed by atoms with van der Waals surface area (Å²) in [5.41, 5.74) is 2.15. The van der Waals surface area contributed by atoms with Gasteiger partial charge in [0.2, 0.25) is 0 Å². The lowest BCUT2D eigenvalue weighted by Gasteiger charge is -2.24. The highest BCUT2D eigenvalue weighted by Gasteiger charge is 2.36. The fourth-order valence-corrected chi connectivity index (χ4v) is 2.09. The topological polar surface area (TPSA) is 51.2 Å². The first kappa shape index (κ1) is 10.6. The van der Waals surface area contributed by atoms with E-state index < -0.39 is 0 Å². The summed E-state index contributed by atoms with van der Waals surface area (Å²) < 4.78 is 5.36. The lowest BCUT2D eigenvalue weighted by molar-refractivity contribution is 0.0911. The van der Waals surface area contributed by atoms with E-state index in [1.54, 1.807) is 10.9 Å². The van der Waals surface area contributed by atoms with Gasteiger partial charge in [-0.05, 0) is 0 Å². The van der Waals surface area contributed by atoms with Crippen molar-refractivity contribution < 1.29 is 9.53 Å². The largest absolute Gasteiger partial charge is 0.379 e. The van der Waals surface area contributed by atoms with Crippen molar-refractivity contribution in [3.05, 3.63) is 16.6 Å². The summed E-state index contributed by atoms with van der Waals surface area (Å²) in [6.07, 6.45) is 0. The number of carbonyl (C=O) groups excluding carboxylic acids is 1. The minimum Gasteiger partial charge on any atom is -0.379 e. The van der Waals surface area contributed by atoms with Gasteiger partial charge < -0.3 is 10.1 Å². The molecule has 1 aliphatic rings. The second-order valence-electron chi connectivity index (χ2n) is 4.40. The highest BCUT2D eigenvalue weighted by molar-refractivity contribution is 7.07. The predicted molar refractivity (Wildman–Crippen MR) is 58.0 cm³/mol. The standard InChI is InChI=1S/C10H14N2O2S/c1-10(2)5-14-3-8(10)12-9(13)7-4-15-6-11-7/h4,6,8H,3,5H2,1-2H3,(H,12,13).